The predicted molar refractivity (Wildman–Crippen MR) is 83.7 cm³/mol. The van der Waals surface area contributed by atoms with Gasteiger partial charge in [-0.3, -0.25) is 4.79 Å². The van der Waals surface area contributed by atoms with Gasteiger partial charge in [-0.15, -0.1) is 0 Å². The zero-order chi connectivity index (χ0) is 16.2. The van der Waals surface area contributed by atoms with E-state index in [4.69, 9.17) is 0 Å². The van der Waals surface area contributed by atoms with Crippen molar-refractivity contribution in [3.05, 3.63) is 65.5 Å². The Morgan fingerprint density at radius 1 is 1.09 bits per heavy atom. The standard InChI is InChI=1S/C16H16FNO3S/c1-12-6-8-14(9-7-12)18-16(19)11-22(20,21)10-13-4-2-3-5-15(13)17/h2-9H,10-11H2,1H3,(H,18,19). The van der Waals surface area contributed by atoms with Crippen molar-refractivity contribution in [1.29, 1.82) is 0 Å². The molecule has 2 aromatic rings. The van der Waals surface area contributed by atoms with Crippen LogP contribution in [0.2, 0.25) is 0 Å². The number of carbonyl (C=O) groups excluding carboxylic acids is 1. The van der Waals surface area contributed by atoms with Crippen LogP contribution in [0.1, 0.15) is 11.1 Å². The number of sulfone groups is 1. The third-order valence-electron chi connectivity index (χ3n) is 3.02. The minimum absolute atomic E-state index is 0.0608. The highest BCUT2D eigenvalue weighted by molar-refractivity contribution is 7.91. The molecule has 0 saturated carbocycles. The van der Waals surface area contributed by atoms with Gasteiger partial charge in [0, 0.05) is 11.3 Å². The molecule has 0 bridgehead atoms. The Kier molecular flexibility index (Phi) is 4.92. The molecule has 2 rings (SSSR count). The van der Waals surface area contributed by atoms with Crippen LogP contribution < -0.4 is 5.32 Å². The Morgan fingerprint density at radius 2 is 1.73 bits per heavy atom. The van der Waals surface area contributed by atoms with Gasteiger partial charge in [0.25, 0.3) is 0 Å². The van der Waals surface area contributed by atoms with Gasteiger partial charge in [0.15, 0.2) is 9.84 Å². The molecule has 0 radical (unpaired) electrons. The molecule has 6 heteroatoms. The summed E-state index contributed by atoms with van der Waals surface area (Å²) in [6.07, 6.45) is 0. The number of rotatable bonds is 5. The zero-order valence-corrected chi connectivity index (χ0v) is 12.9. The van der Waals surface area contributed by atoms with Crippen LogP contribution in [0.15, 0.2) is 48.5 Å². The molecule has 0 unspecified atom stereocenters. The average Bonchev–Trinajstić information content (AvgIpc) is 2.43. The van der Waals surface area contributed by atoms with E-state index in [1.165, 1.54) is 18.2 Å². The summed E-state index contributed by atoms with van der Waals surface area (Å²) >= 11 is 0. The van der Waals surface area contributed by atoms with Crippen LogP contribution in [0.4, 0.5) is 10.1 Å². The van der Waals surface area contributed by atoms with Crippen LogP contribution in [0, 0.1) is 12.7 Å². The largest absolute Gasteiger partial charge is 0.325 e. The number of carbonyl (C=O) groups is 1. The second-order valence-corrected chi connectivity index (χ2v) is 7.10. The van der Waals surface area contributed by atoms with Crippen molar-refractivity contribution < 1.29 is 17.6 Å². The lowest BCUT2D eigenvalue weighted by Gasteiger charge is -2.07. The fourth-order valence-corrected chi connectivity index (χ4v) is 3.22. The lowest BCUT2D eigenvalue weighted by atomic mass is 10.2. The summed E-state index contributed by atoms with van der Waals surface area (Å²) in [6, 6.07) is 12.6. The highest BCUT2D eigenvalue weighted by Gasteiger charge is 2.19. The average molecular weight is 321 g/mol. The summed E-state index contributed by atoms with van der Waals surface area (Å²) in [5.74, 6) is -2.42. The first kappa shape index (κ1) is 16.2. The molecule has 0 aliphatic heterocycles. The van der Waals surface area contributed by atoms with Gasteiger partial charge >= 0.3 is 0 Å². The van der Waals surface area contributed by atoms with Crippen LogP contribution in [0.25, 0.3) is 0 Å². The van der Waals surface area contributed by atoms with Crippen LogP contribution in [-0.4, -0.2) is 20.1 Å². The monoisotopic (exact) mass is 321 g/mol. The maximum atomic E-state index is 13.5. The van der Waals surface area contributed by atoms with Gasteiger partial charge in [-0.25, -0.2) is 12.8 Å². The van der Waals surface area contributed by atoms with E-state index in [1.54, 1.807) is 18.2 Å². The van der Waals surface area contributed by atoms with Gasteiger partial charge in [0.2, 0.25) is 5.91 Å². The number of hydrogen-bond acceptors (Lipinski definition) is 3. The lowest BCUT2D eigenvalue weighted by molar-refractivity contribution is -0.113. The first-order chi connectivity index (χ1) is 10.4. The first-order valence-corrected chi connectivity index (χ1v) is 8.48. The fraction of sp³-hybridized carbons (Fsp3) is 0.188. The molecule has 116 valence electrons. The highest BCUT2D eigenvalue weighted by Crippen LogP contribution is 2.12. The molecule has 1 N–H and O–H groups in total. The Labute approximate surface area is 128 Å². The van der Waals surface area contributed by atoms with E-state index in [2.05, 4.69) is 5.32 Å². The maximum Gasteiger partial charge on any atom is 0.239 e. The van der Waals surface area contributed by atoms with Crippen molar-refractivity contribution in [3.8, 4) is 0 Å². The van der Waals surface area contributed by atoms with E-state index < -0.39 is 33.1 Å². The Balaban J connectivity index is 2.01. The maximum absolute atomic E-state index is 13.5. The molecule has 0 spiro atoms. The molecule has 0 fully saturated rings. The van der Waals surface area contributed by atoms with Crippen LogP contribution >= 0.6 is 0 Å². The topological polar surface area (TPSA) is 63.2 Å². The van der Waals surface area contributed by atoms with E-state index in [9.17, 15) is 17.6 Å². The van der Waals surface area contributed by atoms with Gasteiger partial charge in [0.05, 0.1) is 5.75 Å². The van der Waals surface area contributed by atoms with Crippen molar-refractivity contribution in [2.75, 3.05) is 11.1 Å². The number of halogens is 1. The van der Waals surface area contributed by atoms with Crippen molar-refractivity contribution in [3.63, 3.8) is 0 Å². The van der Waals surface area contributed by atoms with E-state index in [0.717, 1.165) is 5.56 Å². The molecule has 0 aliphatic carbocycles. The quantitative estimate of drug-likeness (QED) is 0.921. The second-order valence-electron chi connectivity index (χ2n) is 5.04. The molecule has 22 heavy (non-hydrogen) atoms. The molecule has 4 nitrogen and oxygen atoms in total. The number of hydrogen-bond donors (Lipinski definition) is 1. The molecule has 0 aliphatic rings. The number of nitrogens with one attached hydrogen (secondary N) is 1. The molecule has 1 amide bonds. The molecule has 2 aromatic carbocycles. The minimum atomic E-state index is -3.74. The van der Waals surface area contributed by atoms with E-state index >= 15 is 0 Å². The zero-order valence-electron chi connectivity index (χ0n) is 12.0. The van der Waals surface area contributed by atoms with Gasteiger partial charge in [-0.1, -0.05) is 35.9 Å². The number of amides is 1. The van der Waals surface area contributed by atoms with Crippen LogP contribution in [-0.2, 0) is 20.4 Å². The second kappa shape index (κ2) is 6.70. The number of anilines is 1. The normalized spacial score (nSPS) is 11.2. The van der Waals surface area contributed by atoms with Crippen molar-refractivity contribution in [2.24, 2.45) is 0 Å². The third kappa shape index (κ3) is 4.66. The molecule has 0 heterocycles. The summed E-state index contributed by atoms with van der Waals surface area (Å²) in [5.41, 5.74) is 1.62. The smallest absolute Gasteiger partial charge is 0.239 e. The SMILES string of the molecule is Cc1ccc(NC(=O)CS(=O)(=O)Cc2ccccc2F)cc1. The van der Waals surface area contributed by atoms with Crippen molar-refractivity contribution in [2.45, 2.75) is 12.7 Å². The summed E-state index contributed by atoms with van der Waals surface area (Å²) < 4.78 is 37.4. The summed E-state index contributed by atoms with van der Waals surface area (Å²) in [7, 11) is -3.74. The van der Waals surface area contributed by atoms with Crippen LogP contribution in [0.3, 0.4) is 0 Å². The van der Waals surface area contributed by atoms with Crippen LogP contribution in [0.5, 0.6) is 0 Å². The molecular formula is C16H16FNO3S. The highest BCUT2D eigenvalue weighted by atomic mass is 32.2. The molecule has 0 aromatic heterocycles. The Hall–Kier alpha value is -2.21. The number of benzene rings is 2. The van der Waals surface area contributed by atoms with E-state index in [-0.39, 0.29) is 5.56 Å². The first-order valence-electron chi connectivity index (χ1n) is 6.66. The number of aryl methyl sites for hydroxylation is 1. The van der Waals surface area contributed by atoms with Crippen molar-refractivity contribution >= 4 is 21.4 Å². The summed E-state index contributed by atoms with van der Waals surface area (Å²) in [4.78, 5) is 11.8. The van der Waals surface area contributed by atoms with Gasteiger partial charge in [-0.2, -0.15) is 0 Å². The van der Waals surface area contributed by atoms with E-state index in [0.29, 0.717) is 5.69 Å². The van der Waals surface area contributed by atoms with Gasteiger partial charge < -0.3 is 5.32 Å². The molecule has 0 atom stereocenters. The Bertz CT molecular complexity index is 770. The molecule has 0 saturated heterocycles. The fourth-order valence-electron chi connectivity index (χ4n) is 1.94. The minimum Gasteiger partial charge on any atom is -0.325 e. The molecular weight excluding hydrogens is 305 g/mol. The van der Waals surface area contributed by atoms with E-state index in [1.807, 2.05) is 19.1 Å². The van der Waals surface area contributed by atoms with Crippen molar-refractivity contribution in [1.82, 2.24) is 0 Å². The van der Waals surface area contributed by atoms with Gasteiger partial charge in [-0.05, 0) is 25.1 Å². The summed E-state index contributed by atoms with van der Waals surface area (Å²) in [5, 5.41) is 2.51. The Morgan fingerprint density at radius 3 is 2.36 bits per heavy atom. The summed E-state index contributed by atoms with van der Waals surface area (Å²) in [6.45, 7) is 1.91. The predicted octanol–water partition coefficient (Wildman–Crippen LogP) is 2.69. The third-order valence-corrected chi connectivity index (χ3v) is 4.47. The lowest BCUT2D eigenvalue weighted by Crippen LogP contribution is -2.24. The van der Waals surface area contributed by atoms with Gasteiger partial charge in [0.1, 0.15) is 11.6 Å².